The normalized spacial score (nSPS) is 19.1. The number of pyridine rings is 1. The van der Waals surface area contributed by atoms with Crippen molar-refractivity contribution in [3.63, 3.8) is 0 Å². The topological polar surface area (TPSA) is 84.2 Å². The molecule has 0 saturated heterocycles. The summed E-state index contributed by atoms with van der Waals surface area (Å²) in [6.45, 7) is 2.61. The van der Waals surface area contributed by atoms with Gasteiger partial charge in [-0.25, -0.2) is 4.98 Å². The summed E-state index contributed by atoms with van der Waals surface area (Å²) in [6.07, 6.45) is 5.60. The van der Waals surface area contributed by atoms with Crippen LogP contribution in [0, 0.1) is 12.8 Å². The van der Waals surface area contributed by atoms with Crippen LogP contribution >= 0.6 is 0 Å². The van der Waals surface area contributed by atoms with Gasteiger partial charge in [0.2, 0.25) is 5.91 Å². The molecule has 0 atom stereocenters. The Morgan fingerprint density at radius 1 is 1.28 bits per heavy atom. The van der Waals surface area contributed by atoms with Gasteiger partial charge in [-0.3, -0.25) is 9.59 Å². The number of furan rings is 1. The predicted octanol–water partition coefficient (Wildman–Crippen LogP) is 2.71. The second-order valence-electron chi connectivity index (χ2n) is 7.34. The highest BCUT2D eigenvalue weighted by Crippen LogP contribution is 2.32. The Balaban J connectivity index is 1.52. The lowest BCUT2D eigenvalue weighted by molar-refractivity contribution is -0.127. The first-order valence-corrected chi connectivity index (χ1v) is 9.04. The number of aromatic nitrogens is 1. The molecular weight excluding hydrogens is 318 g/mol. The minimum atomic E-state index is -0.811. The van der Waals surface area contributed by atoms with Crippen LogP contribution in [0.15, 0.2) is 22.6 Å². The summed E-state index contributed by atoms with van der Waals surface area (Å²) >= 11 is 0. The molecule has 2 fully saturated rings. The highest BCUT2D eigenvalue weighted by Gasteiger charge is 2.43. The molecule has 2 aliphatic rings. The highest BCUT2D eigenvalue weighted by atomic mass is 16.3. The lowest BCUT2D eigenvalue weighted by atomic mass is 9.96. The zero-order valence-electron chi connectivity index (χ0n) is 14.4. The fraction of sp³-hybridized carbons (Fsp3) is 0.526. The molecule has 2 amide bonds. The van der Waals surface area contributed by atoms with Crippen molar-refractivity contribution in [2.24, 2.45) is 5.92 Å². The third-order valence-corrected chi connectivity index (χ3v) is 5.23. The molecule has 2 N–H and O–H groups in total. The number of hydrogen-bond donors (Lipinski definition) is 2. The van der Waals surface area contributed by atoms with Crippen LogP contribution in [-0.4, -0.2) is 28.9 Å². The van der Waals surface area contributed by atoms with Gasteiger partial charge >= 0.3 is 0 Å². The van der Waals surface area contributed by atoms with Gasteiger partial charge in [-0.05, 0) is 50.7 Å². The second-order valence-corrected chi connectivity index (χ2v) is 7.34. The summed E-state index contributed by atoms with van der Waals surface area (Å²) in [5.41, 5.74) is 1.29. The quantitative estimate of drug-likeness (QED) is 0.876. The zero-order valence-corrected chi connectivity index (χ0v) is 14.4. The molecule has 6 heteroatoms. The van der Waals surface area contributed by atoms with Gasteiger partial charge in [0.25, 0.3) is 5.91 Å². The van der Waals surface area contributed by atoms with E-state index in [0.29, 0.717) is 36.4 Å². The number of carbonyl (C=O) groups excluding carboxylic acids is 2. The molecule has 0 bridgehead atoms. The van der Waals surface area contributed by atoms with Crippen molar-refractivity contribution in [1.29, 1.82) is 0 Å². The lowest BCUT2D eigenvalue weighted by Crippen LogP contribution is -2.57. The number of carbonyl (C=O) groups is 2. The van der Waals surface area contributed by atoms with E-state index in [1.165, 1.54) is 12.8 Å². The molecule has 0 aliphatic heterocycles. The van der Waals surface area contributed by atoms with Gasteiger partial charge in [-0.15, -0.1) is 0 Å². The van der Waals surface area contributed by atoms with Crippen molar-refractivity contribution in [3.8, 4) is 0 Å². The van der Waals surface area contributed by atoms with E-state index < -0.39 is 5.54 Å². The average Bonchev–Trinajstić information content (AvgIpc) is 3.13. The van der Waals surface area contributed by atoms with Gasteiger partial charge < -0.3 is 15.1 Å². The van der Waals surface area contributed by atoms with Gasteiger partial charge in [-0.2, -0.15) is 0 Å². The summed E-state index contributed by atoms with van der Waals surface area (Å²) in [6, 6.07) is 5.29. The predicted molar refractivity (Wildman–Crippen MR) is 93.1 cm³/mol. The Kier molecular flexibility index (Phi) is 3.98. The van der Waals surface area contributed by atoms with Crippen molar-refractivity contribution >= 4 is 22.9 Å². The molecule has 0 unspecified atom stereocenters. The SMILES string of the molecule is Cc1ccc2oc(C(=O)NC3(C(=O)NCC4CC4)CCCC3)cc2n1. The molecule has 0 radical (unpaired) electrons. The average molecular weight is 341 g/mol. The molecule has 2 aliphatic carbocycles. The first-order chi connectivity index (χ1) is 12.1. The largest absolute Gasteiger partial charge is 0.449 e. The van der Waals surface area contributed by atoms with Crippen LogP contribution in [0.5, 0.6) is 0 Å². The summed E-state index contributed by atoms with van der Waals surface area (Å²) < 4.78 is 5.62. The van der Waals surface area contributed by atoms with Crippen molar-refractivity contribution < 1.29 is 14.0 Å². The van der Waals surface area contributed by atoms with Crippen LogP contribution in [0.1, 0.15) is 54.8 Å². The van der Waals surface area contributed by atoms with Gasteiger partial charge in [0.1, 0.15) is 11.1 Å². The number of hydrogen-bond acceptors (Lipinski definition) is 4. The Bertz CT molecular complexity index is 816. The van der Waals surface area contributed by atoms with E-state index in [1.807, 2.05) is 19.1 Å². The molecule has 6 nitrogen and oxygen atoms in total. The Hall–Kier alpha value is -2.37. The third kappa shape index (κ3) is 3.25. The fourth-order valence-corrected chi connectivity index (χ4v) is 3.53. The molecule has 2 saturated carbocycles. The minimum Gasteiger partial charge on any atom is -0.449 e. The molecule has 0 spiro atoms. The first-order valence-electron chi connectivity index (χ1n) is 9.04. The zero-order chi connectivity index (χ0) is 17.4. The van der Waals surface area contributed by atoms with Gasteiger partial charge in [0.15, 0.2) is 11.3 Å². The van der Waals surface area contributed by atoms with Gasteiger partial charge in [0, 0.05) is 18.3 Å². The van der Waals surface area contributed by atoms with Crippen LogP contribution in [-0.2, 0) is 4.79 Å². The van der Waals surface area contributed by atoms with E-state index in [0.717, 1.165) is 18.5 Å². The van der Waals surface area contributed by atoms with Crippen molar-refractivity contribution in [3.05, 3.63) is 29.7 Å². The summed E-state index contributed by atoms with van der Waals surface area (Å²) in [5.74, 6) is 0.409. The minimum absolute atomic E-state index is 0.0599. The molecular formula is C19H23N3O3. The molecule has 4 rings (SSSR count). The molecule has 2 aromatic rings. The highest BCUT2D eigenvalue weighted by molar-refractivity contribution is 5.99. The van der Waals surface area contributed by atoms with E-state index in [9.17, 15) is 9.59 Å². The van der Waals surface area contributed by atoms with Crippen molar-refractivity contribution in [2.75, 3.05) is 6.54 Å². The van der Waals surface area contributed by atoms with E-state index in [1.54, 1.807) is 6.07 Å². The van der Waals surface area contributed by atoms with Crippen LogP contribution < -0.4 is 10.6 Å². The van der Waals surface area contributed by atoms with Gasteiger partial charge in [-0.1, -0.05) is 12.8 Å². The maximum atomic E-state index is 12.7. The van der Waals surface area contributed by atoms with Crippen LogP contribution in [0.2, 0.25) is 0 Å². The third-order valence-electron chi connectivity index (χ3n) is 5.23. The molecule has 2 heterocycles. The number of amides is 2. The van der Waals surface area contributed by atoms with Gasteiger partial charge in [0.05, 0.1) is 0 Å². The van der Waals surface area contributed by atoms with Crippen molar-refractivity contribution in [1.82, 2.24) is 15.6 Å². The van der Waals surface area contributed by atoms with Crippen molar-refractivity contribution in [2.45, 2.75) is 51.0 Å². The monoisotopic (exact) mass is 341 g/mol. The molecule has 132 valence electrons. The Morgan fingerprint density at radius 2 is 2.04 bits per heavy atom. The van der Waals surface area contributed by atoms with E-state index in [-0.39, 0.29) is 17.6 Å². The standard InChI is InChI=1S/C19H23N3O3/c1-12-4-7-15-14(21-12)10-16(25-15)17(23)22-19(8-2-3-9-19)18(24)20-11-13-5-6-13/h4,7,10,13H,2-3,5-6,8-9,11H2,1H3,(H,20,24)(H,22,23). The number of fused-ring (bicyclic) bond motifs is 1. The summed E-state index contributed by atoms with van der Waals surface area (Å²) in [4.78, 5) is 29.8. The maximum Gasteiger partial charge on any atom is 0.287 e. The number of aryl methyl sites for hydroxylation is 1. The molecule has 25 heavy (non-hydrogen) atoms. The van der Waals surface area contributed by atoms with Crippen LogP contribution in [0.25, 0.3) is 11.1 Å². The van der Waals surface area contributed by atoms with E-state index in [2.05, 4.69) is 15.6 Å². The van der Waals surface area contributed by atoms with Crippen LogP contribution in [0.4, 0.5) is 0 Å². The maximum absolute atomic E-state index is 12.7. The first kappa shape index (κ1) is 16.1. The summed E-state index contributed by atoms with van der Waals surface area (Å²) in [7, 11) is 0. The second kappa shape index (κ2) is 6.17. The number of nitrogens with one attached hydrogen (secondary N) is 2. The fourth-order valence-electron chi connectivity index (χ4n) is 3.53. The van der Waals surface area contributed by atoms with E-state index in [4.69, 9.17) is 4.42 Å². The number of nitrogens with zero attached hydrogens (tertiary/aromatic N) is 1. The Labute approximate surface area is 146 Å². The smallest absolute Gasteiger partial charge is 0.287 e. The lowest BCUT2D eigenvalue weighted by Gasteiger charge is -2.28. The molecule has 0 aromatic carbocycles. The summed E-state index contributed by atoms with van der Waals surface area (Å²) in [5, 5.41) is 5.98. The van der Waals surface area contributed by atoms with E-state index >= 15 is 0 Å². The molecule has 2 aromatic heterocycles. The van der Waals surface area contributed by atoms with Crippen LogP contribution in [0.3, 0.4) is 0 Å². The number of rotatable bonds is 5. The Morgan fingerprint density at radius 3 is 2.76 bits per heavy atom.